The fraction of sp³-hybridized carbons (Fsp3) is 0.476. The average molecular weight is 400 g/mol. The molecule has 1 amide bonds. The van der Waals surface area contributed by atoms with Crippen LogP contribution in [0.3, 0.4) is 0 Å². The van der Waals surface area contributed by atoms with Crippen molar-refractivity contribution < 1.29 is 4.79 Å². The van der Waals surface area contributed by atoms with Crippen LogP contribution in [0.1, 0.15) is 30.1 Å². The fourth-order valence-electron chi connectivity index (χ4n) is 3.84. The molecule has 0 saturated carbocycles. The number of benzene rings is 1. The molecule has 0 N–H and O–H groups in total. The van der Waals surface area contributed by atoms with Gasteiger partial charge in [0.05, 0.1) is 10.6 Å². The van der Waals surface area contributed by atoms with Crippen molar-refractivity contribution >= 4 is 29.1 Å². The van der Waals surface area contributed by atoms with E-state index in [1.807, 2.05) is 23.1 Å². The molecule has 1 aromatic carbocycles. The number of piperidine rings is 1. The Balaban J connectivity index is 1.35. The molecule has 3 heterocycles. The van der Waals surface area contributed by atoms with Crippen LogP contribution in [0.2, 0.25) is 5.02 Å². The van der Waals surface area contributed by atoms with Crippen molar-refractivity contribution in [3.8, 4) is 0 Å². The van der Waals surface area contributed by atoms with E-state index in [-0.39, 0.29) is 5.91 Å². The maximum Gasteiger partial charge on any atom is 0.255 e. The van der Waals surface area contributed by atoms with Crippen LogP contribution in [0, 0.1) is 5.92 Å². The van der Waals surface area contributed by atoms with Gasteiger partial charge in [0.2, 0.25) is 0 Å². The third-order valence-corrected chi connectivity index (χ3v) is 6.07. The van der Waals surface area contributed by atoms with Gasteiger partial charge in [-0.05, 0) is 43.0 Å². The zero-order valence-corrected chi connectivity index (χ0v) is 17.0. The first kappa shape index (κ1) is 19.0. The zero-order chi connectivity index (χ0) is 19.5. The zero-order valence-electron chi connectivity index (χ0n) is 16.2. The summed E-state index contributed by atoms with van der Waals surface area (Å²) in [6.07, 6.45) is 2.43. The smallest absolute Gasteiger partial charge is 0.255 e. The lowest BCUT2D eigenvalue weighted by Gasteiger charge is -2.35. The molecular weight excluding hydrogens is 374 g/mol. The third-order valence-electron chi connectivity index (χ3n) is 5.74. The lowest BCUT2D eigenvalue weighted by atomic mass is 9.99. The molecular formula is C21H26ClN5O. The molecule has 0 aliphatic carbocycles. The minimum atomic E-state index is -0.00833. The molecule has 2 aromatic rings. The lowest BCUT2D eigenvalue weighted by molar-refractivity contribution is 0.0746. The van der Waals surface area contributed by atoms with Crippen LogP contribution in [0.25, 0.3) is 0 Å². The van der Waals surface area contributed by atoms with Gasteiger partial charge < -0.3 is 14.7 Å². The monoisotopic (exact) mass is 399 g/mol. The maximum absolute atomic E-state index is 12.7. The number of carbonyl (C=O) groups is 1. The summed E-state index contributed by atoms with van der Waals surface area (Å²) in [7, 11) is 0. The molecule has 0 radical (unpaired) electrons. The van der Waals surface area contributed by atoms with Crippen LogP contribution in [0.15, 0.2) is 36.4 Å². The first-order valence-corrected chi connectivity index (χ1v) is 10.4. The van der Waals surface area contributed by atoms with Gasteiger partial charge in [-0.25, -0.2) is 0 Å². The second kappa shape index (κ2) is 8.35. The Labute approximate surface area is 171 Å². The summed E-state index contributed by atoms with van der Waals surface area (Å²) >= 11 is 6.17. The van der Waals surface area contributed by atoms with Crippen LogP contribution in [0.4, 0.5) is 11.6 Å². The standard InChI is InChI=1S/C21H26ClN5O/c1-16-8-10-25(11-9-16)19-6-7-20(24-23-19)26-12-14-27(15-13-26)21(28)17-4-2-3-5-18(17)22/h2-7,16H,8-15H2,1H3. The summed E-state index contributed by atoms with van der Waals surface area (Å²) in [6, 6.07) is 11.3. The van der Waals surface area contributed by atoms with Crippen molar-refractivity contribution in [3.63, 3.8) is 0 Å². The van der Waals surface area contributed by atoms with E-state index in [2.05, 4.69) is 33.0 Å². The Morgan fingerprint density at radius 2 is 1.46 bits per heavy atom. The molecule has 6 nitrogen and oxygen atoms in total. The molecule has 0 atom stereocenters. The van der Waals surface area contributed by atoms with E-state index in [4.69, 9.17) is 11.6 Å². The van der Waals surface area contributed by atoms with Gasteiger partial charge in [-0.1, -0.05) is 30.7 Å². The van der Waals surface area contributed by atoms with E-state index >= 15 is 0 Å². The highest BCUT2D eigenvalue weighted by molar-refractivity contribution is 6.33. The minimum Gasteiger partial charge on any atom is -0.355 e. The quantitative estimate of drug-likeness (QED) is 0.792. The number of nitrogens with zero attached hydrogens (tertiary/aromatic N) is 5. The van der Waals surface area contributed by atoms with E-state index in [1.54, 1.807) is 12.1 Å². The molecule has 2 saturated heterocycles. The number of hydrogen-bond acceptors (Lipinski definition) is 5. The molecule has 2 aliphatic rings. The first-order chi connectivity index (χ1) is 13.6. The maximum atomic E-state index is 12.7. The molecule has 0 bridgehead atoms. The van der Waals surface area contributed by atoms with Gasteiger partial charge in [-0.15, -0.1) is 10.2 Å². The van der Waals surface area contributed by atoms with Crippen molar-refractivity contribution in [2.75, 3.05) is 49.1 Å². The molecule has 1 aromatic heterocycles. The molecule has 148 valence electrons. The number of hydrogen-bond donors (Lipinski definition) is 0. The number of anilines is 2. The van der Waals surface area contributed by atoms with Crippen LogP contribution in [-0.4, -0.2) is 60.3 Å². The van der Waals surface area contributed by atoms with Crippen molar-refractivity contribution in [2.24, 2.45) is 5.92 Å². The molecule has 28 heavy (non-hydrogen) atoms. The molecule has 7 heteroatoms. The summed E-state index contributed by atoms with van der Waals surface area (Å²) in [4.78, 5) is 19.1. The average Bonchev–Trinajstić information content (AvgIpc) is 2.74. The van der Waals surface area contributed by atoms with Gasteiger partial charge in [0, 0.05) is 39.3 Å². The van der Waals surface area contributed by atoms with E-state index in [1.165, 1.54) is 12.8 Å². The van der Waals surface area contributed by atoms with Crippen molar-refractivity contribution in [2.45, 2.75) is 19.8 Å². The Kier molecular flexibility index (Phi) is 5.67. The number of carbonyl (C=O) groups excluding carboxylic acids is 1. The van der Waals surface area contributed by atoms with E-state index in [0.717, 1.165) is 43.7 Å². The normalized spacial score (nSPS) is 18.4. The molecule has 4 rings (SSSR count). The van der Waals surface area contributed by atoms with Gasteiger partial charge in [-0.2, -0.15) is 0 Å². The second-order valence-electron chi connectivity index (χ2n) is 7.68. The van der Waals surface area contributed by atoms with Crippen LogP contribution in [-0.2, 0) is 0 Å². The molecule has 2 aliphatic heterocycles. The van der Waals surface area contributed by atoms with E-state index in [9.17, 15) is 4.79 Å². The highest BCUT2D eigenvalue weighted by Crippen LogP contribution is 2.23. The molecule has 0 spiro atoms. The van der Waals surface area contributed by atoms with Crippen molar-refractivity contribution in [1.82, 2.24) is 15.1 Å². The Morgan fingerprint density at radius 1 is 0.893 bits per heavy atom. The number of rotatable bonds is 3. The largest absolute Gasteiger partial charge is 0.355 e. The Hall–Kier alpha value is -2.34. The molecule has 2 fully saturated rings. The summed E-state index contributed by atoms with van der Waals surface area (Å²) in [5.74, 6) is 2.63. The summed E-state index contributed by atoms with van der Waals surface area (Å²) < 4.78 is 0. The number of amides is 1. The molecule has 0 unspecified atom stereocenters. The summed E-state index contributed by atoms with van der Waals surface area (Å²) in [5.41, 5.74) is 0.567. The highest BCUT2D eigenvalue weighted by Gasteiger charge is 2.24. The minimum absolute atomic E-state index is 0.00833. The Morgan fingerprint density at radius 3 is 2.04 bits per heavy atom. The summed E-state index contributed by atoms with van der Waals surface area (Å²) in [6.45, 7) is 7.20. The van der Waals surface area contributed by atoms with Gasteiger partial charge in [0.1, 0.15) is 0 Å². The Bertz CT molecular complexity index is 812. The number of halogens is 1. The third kappa shape index (κ3) is 4.07. The van der Waals surface area contributed by atoms with Crippen LogP contribution < -0.4 is 9.80 Å². The van der Waals surface area contributed by atoms with Gasteiger partial charge in [0.15, 0.2) is 11.6 Å². The predicted molar refractivity (Wildman–Crippen MR) is 112 cm³/mol. The predicted octanol–water partition coefficient (Wildman–Crippen LogP) is 3.33. The first-order valence-electron chi connectivity index (χ1n) is 9.99. The highest BCUT2D eigenvalue weighted by atomic mass is 35.5. The summed E-state index contributed by atoms with van der Waals surface area (Å²) in [5, 5.41) is 9.40. The lowest BCUT2D eigenvalue weighted by Crippen LogP contribution is -2.49. The van der Waals surface area contributed by atoms with Crippen LogP contribution in [0.5, 0.6) is 0 Å². The van der Waals surface area contributed by atoms with Gasteiger partial charge in [0.25, 0.3) is 5.91 Å². The van der Waals surface area contributed by atoms with Gasteiger partial charge >= 0.3 is 0 Å². The number of aromatic nitrogens is 2. The number of piperazine rings is 1. The van der Waals surface area contributed by atoms with E-state index in [0.29, 0.717) is 23.7 Å². The van der Waals surface area contributed by atoms with Crippen molar-refractivity contribution in [1.29, 1.82) is 0 Å². The van der Waals surface area contributed by atoms with E-state index < -0.39 is 0 Å². The van der Waals surface area contributed by atoms with Crippen molar-refractivity contribution in [3.05, 3.63) is 47.0 Å². The fourth-order valence-corrected chi connectivity index (χ4v) is 4.05. The van der Waals surface area contributed by atoms with Gasteiger partial charge in [-0.3, -0.25) is 4.79 Å². The topological polar surface area (TPSA) is 52.6 Å². The van der Waals surface area contributed by atoms with Crippen LogP contribution >= 0.6 is 11.6 Å². The second-order valence-corrected chi connectivity index (χ2v) is 8.09. The SMILES string of the molecule is CC1CCN(c2ccc(N3CCN(C(=O)c4ccccc4Cl)CC3)nn2)CC1.